The predicted molar refractivity (Wildman–Crippen MR) is 98.4 cm³/mol. The van der Waals surface area contributed by atoms with Gasteiger partial charge in [0.15, 0.2) is 5.78 Å². The molecule has 0 aliphatic rings. The molecule has 3 aromatic rings. The fraction of sp³-hybridized carbons (Fsp3) is 0.200. The number of benzene rings is 2. The first kappa shape index (κ1) is 20.7. The molecule has 152 valence electrons. The van der Waals surface area contributed by atoms with Gasteiger partial charge in [-0.1, -0.05) is 0 Å². The van der Waals surface area contributed by atoms with E-state index < -0.39 is 23.4 Å². The molecule has 29 heavy (non-hydrogen) atoms. The number of allylic oxidation sites excluding steroid dienone is 1. The molecule has 2 N–H and O–H groups in total. The van der Waals surface area contributed by atoms with E-state index in [0.717, 1.165) is 24.3 Å². The van der Waals surface area contributed by atoms with Crippen molar-refractivity contribution in [1.82, 2.24) is 9.55 Å². The van der Waals surface area contributed by atoms with Crippen molar-refractivity contribution in [3.63, 3.8) is 0 Å². The van der Waals surface area contributed by atoms with Gasteiger partial charge >= 0.3 is 6.18 Å². The summed E-state index contributed by atoms with van der Waals surface area (Å²) < 4.78 is 69.9. The highest BCUT2D eigenvalue weighted by Gasteiger charge is 2.32. The number of aromatic nitrogens is 2. The molecule has 0 radical (unpaired) electrons. The van der Waals surface area contributed by atoms with Crippen LogP contribution in [-0.4, -0.2) is 21.9 Å². The van der Waals surface area contributed by atoms with Crippen LogP contribution in [0.25, 0.3) is 22.2 Å². The van der Waals surface area contributed by atoms with Crippen LogP contribution in [0.5, 0.6) is 0 Å². The number of halogens is 5. The number of imidazole rings is 1. The molecule has 0 saturated heterocycles. The molecule has 2 aromatic carbocycles. The highest BCUT2D eigenvalue weighted by Crippen LogP contribution is 2.38. The Hall–Kier alpha value is -3.07. The van der Waals surface area contributed by atoms with Crippen LogP contribution in [-0.2, 0) is 12.7 Å². The molecule has 0 spiro atoms. The molecule has 1 heterocycles. The Balaban J connectivity index is 2.30. The van der Waals surface area contributed by atoms with Crippen LogP contribution in [0.1, 0.15) is 22.8 Å². The Morgan fingerprint density at radius 1 is 1.21 bits per heavy atom. The van der Waals surface area contributed by atoms with Crippen LogP contribution in [0.4, 0.5) is 22.0 Å². The fourth-order valence-electron chi connectivity index (χ4n) is 2.96. The zero-order valence-corrected chi connectivity index (χ0v) is 15.2. The molecule has 3 rings (SSSR count). The number of ketones is 1. The standard InChI is InChI=1S/C20H16F5N3O/c1-11(29)12-2-3-17(22)15(6-12)16-7-13(20(23,24)25)8-18-19(16)27-10-28(18)9-14(21)4-5-26/h2-4,6-8,10H,5,9,26H2,1H3/b14-4-. The van der Waals surface area contributed by atoms with Gasteiger partial charge in [0.1, 0.15) is 11.6 Å². The van der Waals surface area contributed by atoms with Gasteiger partial charge < -0.3 is 10.3 Å². The first-order chi connectivity index (χ1) is 13.6. The van der Waals surface area contributed by atoms with Gasteiger partial charge in [0.2, 0.25) is 0 Å². The zero-order valence-electron chi connectivity index (χ0n) is 15.2. The number of rotatable bonds is 5. The van der Waals surface area contributed by atoms with Crippen LogP contribution < -0.4 is 5.73 Å². The van der Waals surface area contributed by atoms with Gasteiger partial charge in [-0.3, -0.25) is 4.79 Å². The lowest BCUT2D eigenvalue weighted by molar-refractivity contribution is -0.137. The SMILES string of the molecule is CC(=O)c1ccc(F)c(-c2cc(C(F)(F)F)cc3c2ncn3C/C(F)=C/CN)c1. The Morgan fingerprint density at radius 3 is 2.55 bits per heavy atom. The Labute approximate surface area is 162 Å². The van der Waals surface area contributed by atoms with Crippen molar-refractivity contribution >= 4 is 16.8 Å². The molecule has 0 saturated carbocycles. The van der Waals surface area contributed by atoms with Crippen molar-refractivity contribution in [1.29, 1.82) is 0 Å². The lowest BCUT2D eigenvalue weighted by atomic mass is 9.97. The van der Waals surface area contributed by atoms with E-state index in [0.29, 0.717) is 0 Å². The van der Waals surface area contributed by atoms with Crippen molar-refractivity contribution in [3.05, 3.63) is 65.5 Å². The van der Waals surface area contributed by atoms with Gasteiger partial charge in [0.25, 0.3) is 0 Å². The second-order valence-electron chi connectivity index (χ2n) is 6.40. The van der Waals surface area contributed by atoms with E-state index in [-0.39, 0.29) is 46.6 Å². The summed E-state index contributed by atoms with van der Waals surface area (Å²) in [6.07, 6.45) is -2.46. The van der Waals surface area contributed by atoms with Crippen molar-refractivity contribution in [2.75, 3.05) is 6.54 Å². The maximum atomic E-state index is 14.5. The minimum absolute atomic E-state index is 0.0250. The molecule has 0 aliphatic heterocycles. The van der Waals surface area contributed by atoms with E-state index in [9.17, 15) is 26.7 Å². The average Bonchev–Trinajstić information content (AvgIpc) is 3.03. The number of fused-ring (bicyclic) bond motifs is 1. The number of alkyl halides is 3. The fourth-order valence-corrected chi connectivity index (χ4v) is 2.96. The third kappa shape index (κ3) is 4.19. The number of hydrogen-bond acceptors (Lipinski definition) is 3. The van der Waals surface area contributed by atoms with Crippen molar-refractivity contribution < 1.29 is 26.7 Å². The molecular weight excluding hydrogens is 393 g/mol. The smallest absolute Gasteiger partial charge is 0.327 e. The average molecular weight is 409 g/mol. The number of hydrogen-bond donors (Lipinski definition) is 1. The summed E-state index contributed by atoms with van der Waals surface area (Å²) in [4.78, 5) is 15.7. The number of nitrogens with two attached hydrogens (primary N) is 1. The molecular formula is C20H16F5N3O. The van der Waals surface area contributed by atoms with Gasteiger partial charge in [-0.25, -0.2) is 13.8 Å². The predicted octanol–water partition coefficient (Wildman–Crippen LogP) is 4.88. The highest BCUT2D eigenvalue weighted by molar-refractivity contribution is 5.98. The molecule has 1 aromatic heterocycles. The largest absolute Gasteiger partial charge is 0.416 e. The molecule has 0 amide bonds. The van der Waals surface area contributed by atoms with Gasteiger partial charge in [-0.2, -0.15) is 13.2 Å². The van der Waals surface area contributed by atoms with Crippen molar-refractivity contribution in [2.45, 2.75) is 19.6 Å². The topological polar surface area (TPSA) is 60.9 Å². The molecule has 0 bridgehead atoms. The molecule has 0 unspecified atom stereocenters. The van der Waals surface area contributed by atoms with Crippen molar-refractivity contribution in [3.8, 4) is 11.1 Å². The number of carbonyl (C=O) groups excluding carboxylic acids is 1. The first-order valence-corrected chi connectivity index (χ1v) is 8.53. The minimum Gasteiger partial charge on any atom is -0.327 e. The Kier molecular flexibility index (Phi) is 5.52. The molecule has 4 nitrogen and oxygen atoms in total. The summed E-state index contributed by atoms with van der Waals surface area (Å²) in [7, 11) is 0. The van der Waals surface area contributed by atoms with E-state index in [2.05, 4.69) is 4.98 Å². The summed E-state index contributed by atoms with van der Waals surface area (Å²) in [6, 6.07) is 5.04. The lowest BCUT2D eigenvalue weighted by Gasteiger charge is -2.13. The number of nitrogens with zero attached hydrogens (tertiary/aromatic N) is 2. The first-order valence-electron chi connectivity index (χ1n) is 8.53. The second kappa shape index (κ2) is 7.75. The Bertz CT molecular complexity index is 1120. The summed E-state index contributed by atoms with van der Waals surface area (Å²) in [6.45, 7) is 0.824. The van der Waals surface area contributed by atoms with E-state index in [1.807, 2.05) is 0 Å². The number of Topliss-reactive ketones (excluding diaryl/α,β-unsaturated/α-hetero) is 1. The summed E-state index contributed by atoms with van der Waals surface area (Å²) >= 11 is 0. The third-order valence-electron chi connectivity index (χ3n) is 4.38. The minimum atomic E-state index is -4.72. The summed E-state index contributed by atoms with van der Waals surface area (Å²) in [5.74, 6) is -1.82. The normalized spacial score (nSPS) is 12.6. The quantitative estimate of drug-likeness (QED) is 0.483. The third-order valence-corrected chi connectivity index (χ3v) is 4.38. The van der Waals surface area contributed by atoms with Crippen molar-refractivity contribution in [2.24, 2.45) is 5.73 Å². The lowest BCUT2D eigenvalue weighted by Crippen LogP contribution is -2.07. The van der Waals surface area contributed by atoms with Gasteiger partial charge in [-0.15, -0.1) is 0 Å². The summed E-state index contributed by atoms with van der Waals surface area (Å²) in [5.41, 5.74) is 4.04. The zero-order chi connectivity index (χ0) is 21.3. The van der Waals surface area contributed by atoms with E-state index in [1.165, 1.54) is 30.0 Å². The highest BCUT2D eigenvalue weighted by atomic mass is 19.4. The van der Waals surface area contributed by atoms with Crippen LogP contribution >= 0.6 is 0 Å². The molecule has 9 heteroatoms. The molecule has 0 aliphatic carbocycles. The monoisotopic (exact) mass is 409 g/mol. The molecule has 0 atom stereocenters. The van der Waals surface area contributed by atoms with E-state index in [4.69, 9.17) is 5.73 Å². The maximum Gasteiger partial charge on any atom is 0.416 e. The summed E-state index contributed by atoms with van der Waals surface area (Å²) in [5, 5.41) is 0. The van der Waals surface area contributed by atoms with Gasteiger partial charge in [0.05, 0.1) is 29.5 Å². The Morgan fingerprint density at radius 2 is 1.93 bits per heavy atom. The van der Waals surface area contributed by atoms with Gasteiger partial charge in [-0.05, 0) is 43.3 Å². The van der Waals surface area contributed by atoms with Crippen LogP contribution in [0, 0.1) is 5.82 Å². The van der Waals surface area contributed by atoms with Gasteiger partial charge in [0, 0.05) is 23.2 Å². The molecule has 0 fully saturated rings. The number of carbonyl (C=O) groups is 1. The van der Waals surface area contributed by atoms with Crippen LogP contribution in [0.2, 0.25) is 0 Å². The second-order valence-corrected chi connectivity index (χ2v) is 6.40. The maximum absolute atomic E-state index is 14.5. The van der Waals surface area contributed by atoms with E-state index in [1.54, 1.807) is 0 Å². The van der Waals surface area contributed by atoms with Crippen LogP contribution in [0.3, 0.4) is 0 Å². The van der Waals surface area contributed by atoms with Crippen LogP contribution in [0.15, 0.2) is 48.6 Å². The van der Waals surface area contributed by atoms with E-state index >= 15 is 0 Å².